The number of fused-ring (bicyclic) bond motifs is 9. The Bertz CT molecular complexity index is 2770. The largest absolute Gasteiger partial charge is 0.355 e. The summed E-state index contributed by atoms with van der Waals surface area (Å²) in [5, 5.41) is 8.41. The van der Waals surface area contributed by atoms with E-state index in [-0.39, 0.29) is 0 Å². The summed E-state index contributed by atoms with van der Waals surface area (Å²) in [6.07, 6.45) is 25.3. The van der Waals surface area contributed by atoms with E-state index in [1.54, 1.807) is 0 Å². The van der Waals surface area contributed by atoms with Crippen molar-refractivity contribution in [2.45, 2.75) is 156 Å². The van der Waals surface area contributed by atoms with Gasteiger partial charge in [0.2, 0.25) is 0 Å². The standard InChI is InChI=1S/C60H69NS2/c1-5-9-13-17-21-41-25-31-57-51(33-41)53-37-43(23-19-15-11-7-3)35-47(59(53)62-57)45-27-29-55-49(39-45)50-40-46(28-30-56(50)61-55)48-36-44(24-20-16-12-8-4)38-54-52-34-42(22-18-14-10-6-2)26-32-58(52)63-60(48)54/h25-40,61H,5-24H2,1-4H3. The lowest BCUT2D eigenvalue weighted by molar-refractivity contribution is 0.667. The van der Waals surface area contributed by atoms with Crippen molar-refractivity contribution in [2.24, 2.45) is 0 Å². The van der Waals surface area contributed by atoms with Gasteiger partial charge in [-0.2, -0.15) is 0 Å². The number of aryl methyl sites for hydroxylation is 4. The number of unbranched alkanes of at least 4 members (excludes halogenated alkanes) is 12. The third kappa shape index (κ3) is 9.67. The Morgan fingerprint density at radius 2 is 0.714 bits per heavy atom. The van der Waals surface area contributed by atoms with Crippen molar-refractivity contribution in [3.63, 3.8) is 0 Å². The Morgan fingerprint density at radius 1 is 0.333 bits per heavy atom. The fourth-order valence-corrected chi connectivity index (χ4v) is 12.7. The minimum atomic E-state index is 1.14. The molecule has 0 spiro atoms. The zero-order chi connectivity index (χ0) is 43.1. The van der Waals surface area contributed by atoms with Crippen LogP contribution in [0.5, 0.6) is 0 Å². The van der Waals surface area contributed by atoms with Gasteiger partial charge < -0.3 is 4.98 Å². The second-order valence-electron chi connectivity index (χ2n) is 18.8. The van der Waals surface area contributed by atoms with Gasteiger partial charge in [-0.3, -0.25) is 0 Å². The van der Waals surface area contributed by atoms with Crippen LogP contribution < -0.4 is 0 Å². The Labute approximate surface area is 385 Å². The van der Waals surface area contributed by atoms with Crippen LogP contribution in [0.1, 0.15) is 153 Å². The first-order chi connectivity index (χ1) is 31.0. The molecule has 0 fully saturated rings. The average Bonchev–Trinajstić information content (AvgIpc) is 3.99. The molecule has 0 atom stereocenters. The SMILES string of the molecule is CCCCCCc1ccc2sc3c(-c4ccc5[nH]c6ccc(-c7cc(CCCCCC)cc8c7sc7ccc(CCCCCC)cc78)cc6c5c4)cc(CCCCCC)cc3c2c1. The van der Waals surface area contributed by atoms with Crippen molar-refractivity contribution < 1.29 is 0 Å². The quantitative estimate of drug-likeness (QED) is 0.0653. The molecule has 0 amide bonds. The predicted molar refractivity (Wildman–Crippen MR) is 284 cm³/mol. The highest BCUT2D eigenvalue weighted by atomic mass is 32.1. The van der Waals surface area contributed by atoms with Gasteiger partial charge in [-0.05, 0) is 169 Å². The molecule has 9 aromatic rings. The molecule has 0 aliphatic rings. The van der Waals surface area contributed by atoms with Crippen LogP contribution in [0, 0.1) is 0 Å². The first-order valence-corrected chi connectivity index (χ1v) is 26.7. The van der Waals surface area contributed by atoms with Gasteiger partial charge in [0.15, 0.2) is 0 Å². The first kappa shape index (κ1) is 43.8. The van der Waals surface area contributed by atoms with Crippen LogP contribution in [0.15, 0.2) is 97.1 Å². The number of hydrogen-bond acceptors (Lipinski definition) is 2. The maximum absolute atomic E-state index is 3.82. The maximum Gasteiger partial charge on any atom is 0.0465 e. The number of hydrogen-bond donors (Lipinski definition) is 1. The number of H-pyrrole nitrogens is 1. The van der Waals surface area contributed by atoms with Gasteiger partial charge in [0.25, 0.3) is 0 Å². The van der Waals surface area contributed by atoms with Crippen molar-refractivity contribution in [2.75, 3.05) is 0 Å². The van der Waals surface area contributed by atoms with Crippen LogP contribution in [0.3, 0.4) is 0 Å². The van der Waals surface area contributed by atoms with Crippen LogP contribution >= 0.6 is 22.7 Å². The summed E-state index contributed by atoms with van der Waals surface area (Å²) in [7, 11) is 0. The van der Waals surface area contributed by atoms with Crippen LogP contribution in [0.4, 0.5) is 0 Å². The smallest absolute Gasteiger partial charge is 0.0465 e. The Morgan fingerprint density at radius 3 is 1.11 bits per heavy atom. The van der Waals surface area contributed by atoms with Gasteiger partial charge in [0.05, 0.1) is 0 Å². The lowest BCUT2D eigenvalue weighted by Crippen LogP contribution is -1.89. The summed E-state index contributed by atoms with van der Waals surface area (Å²) >= 11 is 3.97. The summed E-state index contributed by atoms with van der Waals surface area (Å²) in [5.41, 5.74) is 13.8. The molecule has 0 aliphatic carbocycles. The highest BCUT2D eigenvalue weighted by molar-refractivity contribution is 7.26. The summed E-state index contributed by atoms with van der Waals surface area (Å²) in [6.45, 7) is 9.23. The molecule has 6 aromatic carbocycles. The molecule has 3 aromatic heterocycles. The molecule has 0 unspecified atom stereocenters. The Balaban J connectivity index is 1.14. The van der Waals surface area contributed by atoms with Crippen LogP contribution in [0.25, 0.3) is 84.4 Å². The zero-order valence-corrected chi connectivity index (χ0v) is 40.3. The van der Waals surface area contributed by atoms with Crippen molar-refractivity contribution >= 4 is 84.8 Å². The van der Waals surface area contributed by atoms with E-state index in [4.69, 9.17) is 0 Å². The molecule has 0 saturated heterocycles. The number of thiophene rings is 2. The minimum absolute atomic E-state index is 1.14. The molecule has 0 bridgehead atoms. The van der Waals surface area contributed by atoms with Gasteiger partial charge in [-0.15, -0.1) is 22.7 Å². The van der Waals surface area contributed by atoms with Crippen molar-refractivity contribution in [3.8, 4) is 22.3 Å². The van der Waals surface area contributed by atoms with E-state index < -0.39 is 0 Å². The molecular formula is C60H69NS2. The summed E-state index contributed by atoms with van der Waals surface area (Å²) in [5.74, 6) is 0. The summed E-state index contributed by atoms with van der Waals surface area (Å²) in [6, 6.07) is 39.2. The van der Waals surface area contributed by atoms with E-state index in [0.29, 0.717) is 0 Å². The van der Waals surface area contributed by atoms with Crippen molar-refractivity contribution in [1.82, 2.24) is 4.98 Å². The third-order valence-corrected chi connectivity index (χ3v) is 16.3. The zero-order valence-electron chi connectivity index (χ0n) is 38.7. The molecule has 0 saturated carbocycles. The average molecular weight is 868 g/mol. The van der Waals surface area contributed by atoms with E-state index in [0.717, 1.165) is 12.8 Å². The maximum atomic E-state index is 3.82. The van der Waals surface area contributed by atoms with E-state index in [9.17, 15) is 0 Å². The van der Waals surface area contributed by atoms with Gasteiger partial charge in [-0.25, -0.2) is 0 Å². The molecule has 326 valence electrons. The molecule has 0 aliphatic heterocycles. The minimum Gasteiger partial charge on any atom is -0.355 e. The van der Waals surface area contributed by atoms with Crippen LogP contribution in [-0.4, -0.2) is 4.98 Å². The highest BCUT2D eigenvalue weighted by Gasteiger charge is 2.18. The van der Waals surface area contributed by atoms with Crippen LogP contribution in [-0.2, 0) is 25.7 Å². The molecule has 9 rings (SSSR count). The van der Waals surface area contributed by atoms with Crippen molar-refractivity contribution in [3.05, 3.63) is 119 Å². The van der Waals surface area contributed by atoms with Gasteiger partial charge >= 0.3 is 0 Å². The highest BCUT2D eigenvalue weighted by Crippen LogP contribution is 2.45. The number of rotatable bonds is 22. The Kier molecular flexibility index (Phi) is 14.3. The summed E-state index contributed by atoms with van der Waals surface area (Å²) in [4.78, 5) is 3.82. The lowest BCUT2D eigenvalue weighted by atomic mass is 9.94. The van der Waals surface area contributed by atoms with Gasteiger partial charge in [0, 0.05) is 62.2 Å². The number of aromatic nitrogens is 1. The molecule has 1 nitrogen and oxygen atoms in total. The molecule has 3 heterocycles. The van der Waals surface area contributed by atoms with E-state index in [1.165, 1.54) is 222 Å². The molecule has 63 heavy (non-hydrogen) atoms. The fourth-order valence-electron chi connectivity index (χ4n) is 10.3. The monoisotopic (exact) mass is 867 g/mol. The first-order valence-electron chi connectivity index (χ1n) is 25.1. The topological polar surface area (TPSA) is 15.8 Å². The lowest BCUT2D eigenvalue weighted by Gasteiger charge is -2.10. The predicted octanol–water partition coefficient (Wildman–Crippen LogP) is 19.9. The number of nitrogens with one attached hydrogen (secondary N) is 1. The number of benzene rings is 6. The molecule has 0 radical (unpaired) electrons. The van der Waals surface area contributed by atoms with E-state index in [1.807, 2.05) is 22.7 Å². The third-order valence-electron chi connectivity index (χ3n) is 13.9. The van der Waals surface area contributed by atoms with Crippen LogP contribution in [0.2, 0.25) is 0 Å². The fraction of sp³-hybridized carbons (Fsp3) is 0.400. The van der Waals surface area contributed by atoms with Gasteiger partial charge in [-0.1, -0.05) is 129 Å². The molecule has 1 N–H and O–H groups in total. The van der Waals surface area contributed by atoms with E-state index in [2.05, 4.69) is 130 Å². The second-order valence-corrected chi connectivity index (χ2v) is 20.9. The number of aromatic amines is 1. The molecular weight excluding hydrogens is 799 g/mol. The van der Waals surface area contributed by atoms with Gasteiger partial charge in [0.1, 0.15) is 0 Å². The van der Waals surface area contributed by atoms with Crippen molar-refractivity contribution in [1.29, 1.82) is 0 Å². The second kappa shape index (κ2) is 20.6. The normalized spacial score (nSPS) is 12.1. The molecule has 3 heteroatoms. The summed E-state index contributed by atoms with van der Waals surface area (Å²) < 4.78 is 5.68. The Hall–Kier alpha value is -4.44. The van der Waals surface area contributed by atoms with E-state index >= 15 is 0 Å².